The first-order chi connectivity index (χ1) is 16.8. The van der Waals surface area contributed by atoms with Crippen LogP contribution in [0.5, 0.6) is 0 Å². The highest BCUT2D eigenvalue weighted by Crippen LogP contribution is 2.39. The number of hydrogen-bond acceptors (Lipinski definition) is 7. The van der Waals surface area contributed by atoms with Gasteiger partial charge in [-0.15, -0.1) is 0 Å². The average molecular weight is 498 g/mol. The predicted molar refractivity (Wildman–Crippen MR) is 138 cm³/mol. The van der Waals surface area contributed by atoms with E-state index in [1.165, 1.54) is 17.4 Å². The van der Waals surface area contributed by atoms with Gasteiger partial charge in [-0.3, -0.25) is 0 Å². The molecule has 1 aliphatic rings. The molecule has 0 bridgehead atoms. The van der Waals surface area contributed by atoms with Crippen LogP contribution in [0.2, 0.25) is 0 Å². The lowest BCUT2D eigenvalue weighted by molar-refractivity contribution is -0.000479. The third kappa shape index (κ3) is 8.52. The van der Waals surface area contributed by atoms with Crippen LogP contribution in [-0.4, -0.2) is 39.3 Å². The molecule has 1 aliphatic carbocycles. The van der Waals surface area contributed by atoms with Crippen LogP contribution in [0.3, 0.4) is 0 Å². The van der Waals surface area contributed by atoms with Gasteiger partial charge in [0, 0.05) is 6.04 Å². The van der Waals surface area contributed by atoms with E-state index in [1.807, 2.05) is 6.07 Å². The molecule has 1 unspecified atom stereocenters. The maximum absolute atomic E-state index is 12.7. The number of amides is 2. The van der Waals surface area contributed by atoms with Crippen LogP contribution >= 0.6 is 0 Å². The molecule has 36 heavy (non-hydrogen) atoms. The van der Waals surface area contributed by atoms with Gasteiger partial charge in [0.05, 0.1) is 18.8 Å². The van der Waals surface area contributed by atoms with Crippen molar-refractivity contribution in [2.45, 2.75) is 91.6 Å². The molecular weight excluding hydrogens is 458 g/mol. The first kappa shape index (κ1) is 27.5. The van der Waals surface area contributed by atoms with Crippen molar-refractivity contribution >= 4 is 18.3 Å². The van der Waals surface area contributed by atoms with Gasteiger partial charge in [-0.25, -0.2) is 19.5 Å². The zero-order valence-corrected chi connectivity index (χ0v) is 22.5. The van der Waals surface area contributed by atoms with Crippen LogP contribution < -0.4 is 5.32 Å². The summed E-state index contributed by atoms with van der Waals surface area (Å²) < 4.78 is 16.4. The molecule has 0 aliphatic heterocycles. The molecule has 0 spiro atoms. The molecule has 1 aromatic heterocycles. The number of rotatable bonds is 8. The van der Waals surface area contributed by atoms with Crippen LogP contribution in [0, 0.1) is 5.92 Å². The molecule has 1 heterocycles. The molecule has 1 fully saturated rings. The highest BCUT2D eigenvalue weighted by molar-refractivity contribution is 5.88. The number of nitrogens with one attached hydrogen (secondary N) is 1. The zero-order chi connectivity index (χ0) is 26.5. The molecule has 2 aromatic rings. The Balaban J connectivity index is 1.59. The largest absolute Gasteiger partial charge is 0.447 e. The lowest BCUT2D eigenvalue weighted by Gasteiger charge is -2.28. The standard InChI is InChI=1S/C28H39N3O5/c1-8-20(14-19-12-10-9-11-13-19)22-15-23(22)29-16-24-30-21(18-34-24)17-31(25(32)35-27(2,3)4)26(33)36-28(5,6)7/h9-14,18,22-23,29H,8,15-17H2,1-7H3/t22?,23-/m0/s1. The second-order valence-electron chi connectivity index (χ2n) is 11.1. The van der Waals surface area contributed by atoms with Crippen LogP contribution in [0.25, 0.3) is 6.08 Å². The van der Waals surface area contributed by atoms with Crippen LogP contribution in [-0.2, 0) is 22.6 Å². The fraction of sp³-hybridized carbons (Fsp3) is 0.536. The first-order valence-corrected chi connectivity index (χ1v) is 12.5. The number of hydrogen-bond donors (Lipinski definition) is 1. The van der Waals surface area contributed by atoms with Gasteiger partial charge in [-0.2, -0.15) is 0 Å². The summed E-state index contributed by atoms with van der Waals surface area (Å²) in [6.45, 7) is 13.0. The maximum Gasteiger partial charge on any atom is 0.420 e. The number of imide groups is 1. The van der Waals surface area contributed by atoms with Crippen LogP contribution in [0.1, 0.15) is 78.5 Å². The van der Waals surface area contributed by atoms with Crippen molar-refractivity contribution in [2.24, 2.45) is 5.92 Å². The summed E-state index contributed by atoms with van der Waals surface area (Å²) in [6.07, 6.45) is 4.22. The molecule has 0 saturated heterocycles. The molecule has 2 atom stereocenters. The van der Waals surface area contributed by atoms with E-state index in [2.05, 4.69) is 47.6 Å². The van der Waals surface area contributed by atoms with Crippen LogP contribution in [0.15, 0.2) is 46.6 Å². The minimum absolute atomic E-state index is 0.112. The smallest absolute Gasteiger partial charge is 0.420 e. The van der Waals surface area contributed by atoms with Crippen LogP contribution in [0.4, 0.5) is 9.59 Å². The minimum atomic E-state index is -0.794. The quantitative estimate of drug-likeness (QED) is 0.456. The maximum atomic E-state index is 12.7. The average Bonchev–Trinajstić information content (AvgIpc) is 3.40. The number of ether oxygens (including phenoxy) is 2. The van der Waals surface area contributed by atoms with Gasteiger partial charge in [-0.05, 0) is 65.9 Å². The Kier molecular flexibility index (Phi) is 8.61. The Morgan fingerprint density at radius 1 is 1.08 bits per heavy atom. The van der Waals surface area contributed by atoms with Crippen molar-refractivity contribution in [3.8, 4) is 0 Å². The predicted octanol–water partition coefficient (Wildman–Crippen LogP) is 6.32. The molecule has 1 saturated carbocycles. The molecule has 8 nitrogen and oxygen atoms in total. The normalized spacial score (nSPS) is 18.0. The minimum Gasteiger partial charge on any atom is -0.447 e. The topological polar surface area (TPSA) is 93.9 Å². The summed E-state index contributed by atoms with van der Waals surface area (Å²) in [6, 6.07) is 10.7. The summed E-state index contributed by atoms with van der Waals surface area (Å²) in [5, 5.41) is 3.50. The number of carbonyl (C=O) groups is 2. The van der Waals surface area contributed by atoms with Crippen molar-refractivity contribution in [3.05, 3.63) is 59.3 Å². The van der Waals surface area contributed by atoms with Gasteiger partial charge in [0.2, 0.25) is 5.89 Å². The molecular formula is C28H39N3O5. The second kappa shape index (κ2) is 11.3. The molecule has 1 aromatic carbocycles. The fourth-order valence-electron chi connectivity index (χ4n) is 3.79. The molecule has 196 valence electrons. The third-order valence-corrected chi connectivity index (χ3v) is 5.49. The van der Waals surface area contributed by atoms with Gasteiger partial charge in [-0.1, -0.05) is 48.9 Å². The van der Waals surface area contributed by atoms with E-state index in [4.69, 9.17) is 13.9 Å². The Morgan fingerprint density at radius 3 is 2.25 bits per heavy atom. The zero-order valence-electron chi connectivity index (χ0n) is 22.5. The van der Waals surface area contributed by atoms with Gasteiger partial charge in [0.1, 0.15) is 17.5 Å². The molecule has 2 amide bonds. The van der Waals surface area contributed by atoms with E-state index in [1.54, 1.807) is 41.5 Å². The summed E-state index contributed by atoms with van der Waals surface area (Å²) in [4.78, 5) is 30.8. The lowest BCUT2D eigenvalue weighted by atomic mass is 10.0. The van der Waals surface area contributed by atoms with E-state index in [0.29, 0.717) is 30.1 Å². The molecule has 0 radical (unpaired) electrons. The van der Waals surface area contributed by atoms with Gasteiger partial charge in [0.25, 0.3) is 0 Å². The Bertz CT molecular complexity index is 1030. The highest BCUT2D eigenvalue weighted by Gasteiger charge is 2.39. The van der Waals surface area contributed by atoms with Crippen molar-refractivity contribution in [2.75, 3.05) is 0 Å². The van der Waals surface area contributed by atoms with Gasteiger partial charge in [0.15, 0.2) is 0 Å². The molecule has 8 heteroatoms. The van der Waals surface area contributed by atoms with Crippen molar-refractivity contribution < 1.29 is 23.5 Å². The second-order valence-corrected chi connectivity index (χ2v) is 11.1. The molecule has 3 rings (SSSR count). The Labute approximate surface area is 214 Å². The highest BCUT2D eigenvalue weighted by atomic mass is 16.6. The number of nitrogens with zero attached hydrogens (tertiary/aromatic N) is 2. The summed E-state index contributed by atoms with van der Waals surface area (Å²) in [5.41, 5.74) is 1.57. The van der Waals surface area contributed by atoms with E-state index in [9.17, 15) is 9.59 Å². The summed E-state index contributed by atoms with van der Waals surface area (Å²) >= 11 is 0. The fourth-order valence-corrected chi connectivity index (χ4v) is 3.79. The SMILES string of the molecule is CCC(=Cc1ccccc1)C1C[C@@H]1NCc1nc(CN(C(=O)OC(C)(C)C)C(=O)OC(C)(C)C)co1. The third-order valence-electron chi connectivity index (χ3n) is 5.49. The Morgan fingerprint density at radius 2 is 1.69 bits per heavy atom. The van der Waals surface area contributed by atoms with Crippen molar-refractivity contribution in [1.82, 2.24) is 15.2 Å². The van der Waals surface area contributed by atoms with Gasteiger partial charge >= 0.3 is 12.2 Å². The van der Waals surface area contributed by atoms with Crippen molar-refractivity contribution in [3.63, 3.8) is 0 Å². The summed E-state index contributed by atoms with van der Waals surface area (Å²) in [5.74, 6) is 0.994. The lowest BCUT2D eigenvalue weighted by Crippen LogP contribution is -2.43. The summed E-state index contributed by atoms with van der Waals surface area (Å²) in [7, 11) is 0. The monoisotopic (exact) mass is 497 g/mol. The first-order valence-electron chi connectivity index (χ1n) is 12.5. The number of aromatic nitrogens is 1. The molecule has 1 N–H and O–H groups in total. The van der Waals surface area contributed by atoms with E-state index < -0.39 is 23.4 Å². The van der Waals surface area contributed by atoms with E-state index >= 15 is 0 Å². The van der Waals surface area contributed by atoms with Gasteiger partial charge < -0.3 is 19.2 Å². The number of benzene rings is 1. The van der Waals surface area contributed by atoms with E-state index in [-0.39, 0.29) is 6.54 Å². The number of carbonyl (C=O) groups excluding carboxylic acids is 2. The Hall–Kier alpha value is -3.13. The number of oxazole rings is 1. The van der Waals surface area contributed by atoms with Crippen molar-refractivity contribution in [1.29, 1.82) is 0 Å². The van der Waals surface area contributed by atoms with E-state index in [0.717, 1.165) is 17.7 Å².